The molecular weight excluding hydrogens is 645 g/mol. The van der Waals surface area contributed by atoms with Crippen LogP contribution in [0, 0.1) is 18.6 Å². The molecule has 1 N–H and O–H groups in total. The maximum atomic E-state index is 15.9. The average Bonchev–Trinajstić information content (AvgIpc) is 3.45. The van der Waals surface area contributed by atoms with Crippen LogP contribution in [0.5, 0.6) is 0 Å². The third kappa shape index (κ3) is 6.89. The minimum atomic E-state index is -4.89. The molecule has 47 heavy (non-hydrogen) atoms. The second-order valence-electron chi connectivity index (χ2n) is 11.5. The van der Waals surface area contributed by atoms with Crippen molar-refractivity contribution in [1.29, 1.82) is 0 Å². The van der Waals surface area contributed by atoms with Crippen molar-refractivity contribution < 1.29 is 35.5 Å². The van der Waals surface area contributed by atoms with Crippen LogP contribution < -0.4 is 10.9 Å². The third-order valence-corrected chi connectivity index (χ3v) is 9.61. The van der Waals surface area contributed by atoms with Gasteiger partial charge in [-0.05, 0) is 48.7 Å². The molecule has 4 aromatic rings. The van der Waals surface area contributed by atoms with Crippen LogP contribution in [0.15, 0.2) is 76.6 Å². The summed E-state index contributed by atoms with van der Waals surface area (Å²) in [4.78, 5) is 25.4. The fraction of sp³-hybridized carbons (Fsp3) is 0.314. The standard InChI is InChI=1S/C35H31F7N2O2S/c1-20-23(18-24-25(35(40,41)42)13-9-15-27(24)36)33-44(32(46)29(20)22-12-8-14-26(30(22)37)34(2,38)39)28(19-47-33)31(43-16-6-7-17-45)21-10-4-3-5-11-21/h3-5,8-15,17,28,31,43H,6-7,16,18-19H2,1-2H3. The lowest BCUT2D eigenvalue weighted by Gasteiger charge is -2.28. The molecule has 2 heterocycles. The predicted molar refractivity (Wildman–Crippen MR) is 167 cm³/mol. The van der Waals surface area contributed by atoms with E-state index in [9.17, 15) is 31.5 Å². The number of fused-ring (bicyclic) bond motifs is 1. The minimum Gasteiger partial charge on any atom is -0.308 e. The number of carbonyl (C=O) groups excluding carboxylic acids is 1. The molecule has 0 amide bonds. The van der Waals surface area contributed by atoms with Crippen LogP contribution in [0.4, 0.5) is 30.7 Å². The van der Waals surface area contributed by atoms with E-state index in [1.807, 2.05) is 18.2 Å². The van der Waals surface area contributed by atoms with Crippen LogP contribution in [0.3, 0.4) is 0 Å². The van der Waals surface area contributed by atoms with E-state index in [0.717, 1.165) is 36.1 Å². The number of thioether (sulfide) groups is 1. The second-order valence-corrected chi connectivity index (χ2v) is 12.5. The summed E-state index contributed by atoms with van der Waals surface area (Å²) in [5.41, 5.74) is -3.23. The number of unbranched alkanes of at least 4 members (excludes halogenated alkanes) is 1. The number of hydrogen-bond donors (Lipinski definition) is 1. The Morgan fingerprint density at radius 3 is 2.30 bits per heavy atom. The molecule has 0 radical (unpaired) electrons. The summed E-state index contributed by atoms with van der Waals surface area (Å²) in [6.07, 6.45) is -3.92. The molecular formula is C35H31F7N2O2S. The van der Waals surface area contributed by atoms with Gasteiger partial charge in [-0.1, -0.05) is 54.6 Å². The van der Waals surface area contributed by atoms with Gasteiger partial charge in [0.25, 0.3) is 11.5 Å². The maximum absolute atomic E-state index is 15.9. The summed E-state index contributed by atoms with van der Waals surface area (Å²) < 4.78 is 104. The van der Waals surface area contributed by atoms with Crippen LogP contribution in [0.25, 0.3) is 11.1 Å². The van der Waals surface area contributed by atoms with Gasteiger partial charge in [0.15, 0.2) is 0 Å². The number of aromatic nitrogens is 1. The van der Waals surface area contributed by atoms with Crippen LogP contribution >= 0.6 is 11.8 Å². The molecule has 0 aliphatic carbocycles. The van der Waals surface area contributed by atoms with Crippen LogP contribution in [0.2, 0.25) is 0 Å². The Kier molecular flexibility index (Phi) is 10.0. The topological polar surface area (TPSA) is 51.1 Å². The van der Waals surface area contributed by atoms with Crippen LogP contribution in [-0.2, 0) is 23.3 Å². The lowest BCUT2D eigenvalue weighted by Crippen LogP contribution is -2.36. The lowest BCUT2D eigenvalue weighted by molar-refractivity contribution is -0.138. The summed E-state index contributed by atoms with van der Waals surface area (Å²) >= 11 is 1.20. The fourth-order valence-corrected chi connectivity index (χ4v) is 7.55. The second kappa shape index (κ2) is 13.7. The lowest BCUT2D eigenvalue weighted by atomic mass is 9.91. The Labute approximate surface area is 271 Å². The average molecular weight is 677 g/mol. The Bertz CT molecular complexity index is 1840. The van der Waals surface area contributed by atoms with Crippen molar-refractivity contribution in [2.24, 2.45) is 0 Å². The van der Waals surface area contributed by atoms with E-state index in [1.54, 1.807) is 12.1 Å². The maximum Gasteiger partial charge on any atom is 0.416 e. The van der Waals surface area contributed by atoms with Crippen molar-refractivity contribution in [3.05, 3.63) is 122 Å². The van der Waals surface area contributed by atoms with E-state index < -0.39 is 70.1 Å². The number of nitrogens with zero attached hydrogens (tertiary/aromatic N) is 1. The van der Waals surface area contributed by atoms with E-state index >= 15 is 8.78 Å². The highest BCUT2D eigenvalue weighted by molar-refractivity contribution is 7.99. The van der Waals surface area contributed by atoms with Gasteiger partial charge in [0.2, 0.25) is 0 Å². The van der Waals surface area contributed by atoms with E-state index in [1.165, 1.54) is 35.4 Å². The molecule has 2 unspecified atom stereocenters. The van der Waals surface area contributed by atoms with Crippen molar-refractivity contribution in [1.82, 2.24) is 9.88 Å². The van der Waals surface area contributed by atoms with Crippen LogP contribution in [-0.4, -0.2) is 23.2 Å². The Balaban J connectivity index is 1.78. The molecule has 12 heteroatoms. The number of nitrogens with one attached hydrogen (secondary N) is 1. The molecule has 1 aliphatic rings. The van der Waals surface area contributed by atoms with E-state index in [-0.39, 0.29) is 27.5 Å². The highest BCUT2D eigenvalue weighted by Crippen LogP contribution is 2.45. The quantitative estimate of drug-likeness (QED) is 0.0981. The van der Waals surface area contributed by atoms with Gasteiger partial charge in [-0.3, -0.25) is 9.36 Å². The molecule has 3 aromatic carbocycles. The monoisotopic (exact) mass is 676 g/mol. The largest absolute Gasteiger partial charge is 0.416 e. The zero-order chi connectivity index (χ0) is 34.1. The molecule has 248 valence electrons. The number of rotatable bonds is 11. The van der Waals surface area contributed by atoms with E-state index in [2.05, 4.69) is 5.32 Å². The summed E-state index contributed by atoms with van der Waals surface area (Å²) in [5, 5.41) is 3.67. The zero-order valence-electron chi connectivity index (χ0n) is 25.4. The number of alkyl halides is 5. The summed E-state index contributed by atoms with van der Waals surface area (Å²) in [6.45, 7) is 2.33. The molecule has 5 rings (SSSR count). The predicted octanol–water partition coefficient (Wildman–Crippen LogP) is 8.78. The Morgan fingerprint density at radius 2 is 1.64 bits per heavy atom. The fourth-order valence-electron chi connectivity index (χ4n) is 6.12. The summed E-state index contributed by atoms with van der Waals surface area (Å²) in [5.74, 6) is -5.77. The van der Waals surface area contributed by atoms with E-state index in [0.29, 0.717) is 26.3 Å². The van der Waals surface area contributed by atoms with Gasteiger partial charge < -0.3 is 10.1 Å². The molecule has 0 fully saturated rings. The molecule has 2 atom stereocenters. The Hall–Kier alpha value is -3.90. The van der Waals surface area contributed by atoms with Gasteiger partial charge >= 0.3 is 6.18 Å². The molecule has 0 saturated carbocycles. The number of pyridine rings is 1. The third-order valence-electron chi connectivity index (χ3n) is 8.39. The van der Waals surface area contributed by atoms with Gasteiger partial charge in [0.1, 0.15) is 17.9 Å². The first kappa shape index (κ1) is 34.4. The van der Waals surface area contributed by atoms with Crippen molar-refractivity contribution in [2.75, 3.05) is 12.3 Å². The highest BCUT2D eigenvalue weighted by Gasteiger charge is 2.39. The number of benzene rings is 3. The van der Waals surface area contributed by atoms with Crippen molar-refractivity contribution in [3.63, 3.8) is 0 Å². The zero-order valence-corrected chi connectivity index (χ0v) is 26.3. The molecule has 1 aliphatic heterocycles. The first-order valence-electron chi connectivity index (χ1n) is 14.9. The molecule has 0 bridgehead atoms. The van der Waals surface area contributed by atoms with Gasteiger partial charge in [0, 0.05) is 36.6 Å². The van der Waals surface area contributed by atoms with Crippen molar-refractivity contribution >= 4 is 18.0 Å². The van der Waals surface area contributed by atoms with E-state index in [4.69, 9.17) is 0 Å². The first-order valence-corrected chi connectivity index (χ1v) is 15.9. The highest BCUT2D eigenvalue weighted by atomic mass is 32.2. The number of aldehydes is 1. The van der Waals surface area contributed by atoms with Gasteiger partial charge in [0.05, 0.1) is 33.8 Å². The number of halogens is 7. The van der Waals surface area contributed by atoms with Gasteiger partial charge in [-0.15, -0.1) is 11.8 Å². The van der Waals surface area contributed by atoms with Gasteiger partial charge in [-0.2, -0.15) is 13.2 Å². The van der Waals surface area contributed by atoms with Gasteiger partial charge in [-0.25, -0.2) is 17.6 Å². The molecule has 4 nitrogen and oxygen atoms in total. The number of hydrogen-bond acceptors (Lipinski definition) is 4. The number of carbonyl (C=O) groups is 1. The minimum absolute atomic E-state index is 0.0662. The van der Waals surface area contributed by atoms with Crippen molar-refractivity contribution in [3.8, 4) is 11.1 Å². The van der Waals surface area contributed by atoms with Crippen LogP contribution in [0.1, 0.15) is 65.2 Å². The normalized spacial score (nSPS) is 15.5. The Morgan fingerprint density at radius 1 is 0.957 bits per heavy atom. The molecule has 1 aromatic heterocycles. The van der Waals surface area contributed by atoms with Crippen molar-refractivity contribution in [2.45, 2.75) is 62.3 Å². The summed E-state index contributed by atoms with van der Waals surface area (Å²) in [7, 11) is 0. The smallest absolute Gasteiger partial charge is 0.308 e. The molecule has 0 saturated heterocycles. The summed E-state index contributed by atoms with van der Waals surface area (Å²) in [6, 6.07) is 13.8. The molecule has 0 spiro atoms. The SMILES string of the molecule is Cc1c(Cc2c(F)cccc2C(F)(F)F)c2n(c(=O)c1-c1cccc(C(C)(F)F)c1F)C(C(NCCCC=O)c1ccccc1)CS2. The first-order chi connectivity index (χ1) is 22.3.